The van der Waals surface area contributed by atoms with E-state index in [0.29, 0.717) is 0 Å². The zero-order valence-corrected chi connectivity index (χ0v) is 13.4. The minimum atomic E-state index is 0.757. The molecule has 0 radical (unpaired) electrons. The van der Waals surface area contributed by atoms with E-state index >= 15 is 0 Å². The summed E-state index contributed by atoms with van der Waals surface area (Å²) in [6.07, 6.45) is 4.00. The number of piperidine rings is 1. The highest BCUT2D eigenvalue weighted by atomic mass is 16.5. The second kappa shape index (κ2) is 6.88. The van der Waals surface area contributed by atoms with Crippen LogP contribution < -0.4 is 9.47 Å². The van der Waals surface area contributed by atoms with Crippen molar-refractivity contribution >= 4 is 0 Å². The lowest BCUT2D eigenvalue weighted by atomic mass is 10.1. The van der Waals surface area contributed by atoms with E-state index < -0.39 is 0 Å². The lowest BCUT2D eigenvalue weighted by molar-refractivity contribution is 0.219. The van der Waals surface area contributed by atoms with E-state index in [1.807, 2.05) is 12.1 Å². The van der Waals surface area contributed by atoms with Crippen LogP contribution in [0.1, 0.15) is 25.0 Å². The average molecular weight is 300 g/mol. The Labute approximate surface area is 132 Å². The number of para-hydroxylation sites is 1. The Kier molecular flexibility index (Phi) is 4.68. The van der Waals surface area contributed by atoms with Crippen LogP contribution in [-0.2, 0) is 6.54 Å². The first-order valence-corrected chi connectivity index (χ1v) is 7.93. The van der Waals surface area contributed by atoms with Crippen LogP contribution in [0.3, 0.4) is 0 Å². The van der Waals surface area contributed by atoms with E-state index in [-0.39, 0.29) is 0 Å². The largest absolute Gasteiger partial charge is 0.493 e. The molecule has 0 aliphatic carbocycles. The number of methoxy groups -OCH3 is 2. The van der Waals surface area contributed by atoms with Crippen molar-refractivity contribution in [3.63, 3.8) is 0 Å². The lowest BCUT2D eigenvalue weighted by Gasteiger charge is -2.25. The van der Waals surface area contributed by atoms with Crippen molar-refractivity contribution in [3.8, 4) is 22.8 Å². The van der Waals surface area contributed by atoms with E-state index in [2.05, 4.69) is 28.1 Å². The van der Waals surface area contributed by atoms with Crippen LogP contribution in [0.5, 0.6) is 11.5 Å². The van der Waals surface area contributed by atoms with Gasteiger partial charge in [0.1, 0.15) is 0 Å². The second-order valence-electron chi connectivity index (χ2n) is 5.78. The highest BCUT2D eigenvalue weighted by Crippen LogP contribution is 2.37. The first-order chi connectivity index (χ1) is 10.8. The van der Waals surface area contributed by atoms with Crippen LogP contribution >= 0.6 is 0 Å². The van der Waals surface area contributed by atoms with Gasteiger partial charge in [0.15, 0.2) is 11.5 Å². The molecule has 0 saturated carbocycles. The second-order valence-corrected chi connectivity index (χ2v) is 5.78. The number of H-pyrrole nitrogens is 1. The number of hydrogen-bond acceptors (Lipinski definition) is 3. The number of nitrogens with one attached hydrogen (secondary N) is 1. The molecule has 1 aliphatic heterocycles. The van der Waals surface area contributed by atoms with Crippen LogP contribution in [0.15, 0.2) is 30.3 Å². The molecular formula is C18H24N2O2. The molecule has 2 aromatic rings. The smallest absolute Gasteiger partial charge is 0.170 e. The summed E-state index contributed by atoms with van der Waals surface area (Å²) in [4.78, 5) is 6.04. The Bertz CT molecular complexity index is 615. The molecule has 4 nitrogen and oxygen atoms in total. The third kappa shape index (κ3) is 3.12. The van der Waals surface area contributed by atoms with E-state index in [9.17, 15) is 0 Å². The molecule has 1 aliphatic rings. The molecule has 1 fully saturated rings. The number of aromatic amines is 1. The van der Waals surface area contributed by atoms with E-state index in [4.69, 9.17) is 9.47 Å². The Morgan fingerprint density at radius 2 is 1.82 bits per heavy atom. The molecule has 0 unspecified atom stereocenters. The fraction of sp³-hybridized carbons (Fsp3) is 0.444. The van der Waals surface area contributed by atoms with Crippen molar-refractivity contribution in [1.82, 2.24) is 9.88 Å². The molecule has 4 heteroatoms. The van der Waals surface area contributed by atoms with Gasteiger partial charge in [0.25, 0.3) is 0 Å². The van der Waals surface area contributed by atoms with Gasteiger partial charge in [-0.05, 0) is 50.2 Å². The Morgan fingerprint density at radius 3 is 2.55 bits per heavy atom. The van der Waals surface area contributed by atoms with Crippen LogP contribution in [-0.4, -0.2) is 37.2 Å². The van der Waals surface area contributed by atoms with Crippen molar-refractivity contribution < 1.29 is 9.47 Å². The molecule has 2 heterocycles. The van der Waals surface area contributed by atoms with Gasteiger partial charge in [-0.3, -0.25) is 4.90 Å². The highest BCUT2D eigenvalue weighted by molar-refractivity contribution is 5.71. The summed E-state index contributed by atoms with van der Waals surface area (Å²) in [7, 11) is 3.34. The molecular weight excluding hydrogens is 276 g/mol. The molecule has 0 bridgehead atoms. The molecule has 1 saturated heterocycles. The third-order valence-corrected chi connectivity index (χ3v) is 4.28. The minimum absolute atomic E-state index is 0.757. The summed E-state index contributed by atoms with van der Waals surface area (Å²) in [5.41, 5.74) is 3.36. The summed E-state index contributed by atoms with van der Waals surface area (Å²) in [6.45, 7) is 3.40. The molecule has 118 valence electrons. The number of nitrogens with zero attached hydrogens (tertiary/aromatic N) is 1. The summed E-state index contributed by atoms with van der Waals surface area (Å²) >= 11 is 0. The van der Waals surface area contributed by atoms with Crippen LogP contribution in [0.25, 0.3) is 11.3 Å². The maximum absolute atomic E-state index is 5.53. The topological polar surface area (TPSA) is 37.5 Å². The van der Waals surface area contributed by atoms with Gasteiger partial charge in [-0.25, -0.2) is 0 Å². The van der Waals surface area contributed by atoms with Gasteiger partial charge in [0.05, 0.1) is 14.2 Å². The third-order valence-electron chi connectivity index (χ3n) is 4.28. The summed E-state index contributed by atoms with van der Waals surface area (Å²) in [5, 5.41) is 0. The predicted molar refractivity (Wildman–Crippen MR) is 88.5 cm³/mol. The zero-order valence-electron chi connectivity index (χ0n) is 13.4. The Morgan fingerprint density at radius 1 is 1.00 bits per heavy atom. The summed E-state index contributed by atoms with van der Waals surface area (Å²) in [5.74, 6) is 1.53. The minimum Gasteiger partial charge on any atom is -0.493 e. The van der Waals surface area contributed by atoms with E-state index in [1.54, 1.807) is 14.2 Å². The fourth-order valence-electron chi connectivity index (χ4n) is 3.15. The number of likely N-dealkylation sites (tertiary alicyclic amines) is 1. The van der Waals surface area contributed by atoms with Crippen molar-refractivity contribution in [2.45, 2.75) is 25.8 Å². The first-order valence-electron chi connectivity index (χ1n) is 7.93. The molecule has 0 spiro atoms. The average Bonchev–Trinajstić information content (AvgIpc) is 3.03. The number of hydrogen-bond donors (Lipinski definition) is 1. The summed E-state index contributed by atoms with van der Waals surface area (Å²) < 4.78 is 10.9. The quantitative estimate of drug-likeness (QED) is 0.915. The van der Waals surface area contributed by atoms with Crippen molar-refractivity contribution in [2.75, 3.05) is 27.3 Å². The maximum atomic E-state index is 5.53. The Balaban J connectivity index is 1.81. The van der Waals surface area contributed by atoms with Gasteiger partial charge in [0, 0.05) is 23.5 Å². The fourth-order valence-corrected chi connectivity index (χ4v) is 3.15. The molecule has 1 N–H and O–H groups in total. The highest BCUT2D eigenvalue weighted by Gasteiger charge is 2.15. The number of rotatable bonds is 5. The van der Waals surface area contributed by atoms with Crippen molar-refractivity contribution in [3.05, 3.63) is 36.0 Å². The van der Waals surface area contributed by atoms with Crippen LogP contribution in [0, 0.1) is 0 Å². The van der Waals surface area contributed by atoms with Gasteiger partial charge >= 0.3 is 0 Å². The van der Waals surface area contributed by atoms with Gasteiger partial charge in [-0.15, -0.1) is 0 Å². The SMILES string of the molecule is COc1cccc(-c2ccc(CN3CCCCC3)[nH]2)c1OC. The predicted octanol–water partition coefficient (Wildman–Crippen LogP) is 3.68. The zero-order chi connectivity index (χ0) is 15.4. The van der Waals surface area contributed by atoms with Crippen LogP contribution in [0.2, 0.25) is 0 Å². The molecule has 22 heavy (non-hydrogen) atoms. The first kappa shape index (κ1) is 15.0. The van der Waals surface area contributed by atoms with Crippen molar-refractivity contribution in [2.24, 2.45) is 0 Å². The monoisotopic (exact) mass is 300 g/mol. The van der Waals surface area contributed by atoms with E-state index in [1.165, 1.54) is 38.0 Å². The van der Waals surface area contributed by atoms with Crippen molar-refractivity contribution in [1.29, 1.82) is 0 Å². The molecule has 3 rings (SSSR count). The van der Waals surface area contributed by atoms with Gasteiger partial charge in [-0.2, -0.15) is 0 Å². The lowest BCUT2D eigenvalue weighted by Crippen LogP contribution is -2.29. The molecule has 1 aromatic carbocycles. The normalized spacial score (nSPS) is 15.7. The Hall–Kier alpha value is -1.94. The number of aromatic nitrogens is 1. The number of ether oxygens (including phenoxy) is 2. The van der Waals surface area contributed by atoms with E-state index in [0.717, 1.165) is 29.3 Å². The standard InChI is InChI=1S/C18H24N2O2/c1-21-17-8-6-7-15(18(17)22-2)16-10-9-14(19-16)13-20-11-4-3-5-12-20/h6-10,19H,3-5,11-13H2,1-2H3. The van der Waals surface area contributed by atoms with Crippen LogP contribution in [0.4, 0.5) is 0 Å². The van der Waals surface area contributed by atoms with Gasteiger partial charge < -0.3 is 14.5 Å². The maximum Gasteiger partial charge on any atom is 0.170 e. The number of benzene rings is 1. The molecule has 1 aromatic heterocycles. The summed E-state index contributed by atoms with van der Waals surface area (Å²) in [6, 6.07) is 10.2. The molecule has 0 atom stereocenters. The molecule has 0 amide bonds. The van der Waals surface area contributed by atoms with Gasteiger partial charge in [0.2, 0.25) is 0 Å². The van der Waals surface area contributed by atoms with Gasteiger partial charge in [-0.1, -0.05) is 12.5 Å².